The summed E-state index contributed by atoms with van der Waals surface area (Å²) in [6.07, 6.45) is 0. The van der Waals surface area contributed by atoms with Crippen molar-refractivity contribution in [1.82, 2.24) is 0 Å². The Kier molecular flexibility index (Phi) is 3.27. The zero-order chi connectivity index (χ0) is 12.6. The van der Waals surface area contributed by atoms with Crippen molar-refractivity contribution >= 4 is 9.84 Å². The molecule has 3 atom stereocenters. The van der Waals surface area contributed by atoms with Crippen molar-refractivity contribution in [2.24, 2.45) is 11.7 Å². The van der Waals surface area contributed by atoms with E-state index in [2.05, 4.69) is 0 Å². The number of nitrogens with two attached hydrogens (primary N) is 1. The van der Waals surface area contributed by atoms with E-state index in [-0.39, 0.29) is 22.8 Å². The van der Waals surface area contributed by atoms with E-state index >= 15 is 0 Å². The van der Waals surface area contributed by atoms with Gasteiger partial charge in [0.25, 0.3) is 0 Å². The normalized spacial score (nSPS) is 28.1. The second-order valence-corrected chi connectivity index (χ2v) is 7.20. The molecule has 17 heavy (non-hydrogen) atoms. The van der Waals surface area contributed by atoms with Crippen molar-refractivity contribution in [1.29, 1.82) is 0 Å². The lowest BCUT2D eigenvalue weighted by atomic mass is 10.1. The van der Waals surface area contributed by atoms with Gasteiger partial charge < -0.3 is 5.73 Å². The molecule has 1 aromatic carbocycles. The summed E-state index contributed by atoms with van der Waals surface area (Å²) in [4.78, 5) is 0. The molecule has 0 aliphatic heterocycles. The molecule has 0 aromatic heterocycles. The lowest BCUT2D eigenvalue weighted by molar-refractivity contribution is 0.593. The van der Waals surface area contributed by atoms with Gasteiger partial charge in [-0.3, -0.25) is 0 Å². The van der Waals surface area contributed by atoms with Crippen LogP contribution in [0.3, 0.4) is 0 Å². The van der Waals surface area contributed by atoms with Gasteiger partial charge in [0.1, 0.15) is 0 Å². The third kappa shape index (κ3) is 2.24. The average Bonchev–Trinajstić information content (AvgIpc) is 3.05. The summed E-state index contributed by atoms with van der Waals surface area (Å²) in [5.41, 5.74) is 7.96. The van der Waals surface area contributed by atoms with Crippen LogP contribution in [0.2, 0.25) is 0 Å². The van der Waals surface area contributed by atoms with Gasteiger partial charge in [0.2, 0.25) is 0 Å². The predicted molar refractivity (Wildman–Crippen MR) is 69.7 cm³/mol. The van der Waals surface area contributed by atoms with Crippen LogP contribution in [0.5, 0.6) is 0 Å². The smallest absolute Gasteiger partial charge is 0.153 e. The molecule has 1 aliphatic rings. The minimum atomic E-state index is -2.97. The average molecular weight is 253 g/mol. The number of hydrogen-bond acceptors (Lipinski definition) is 3. The van der Waals surface area contributed by atoms with Crippen LogP contribution in [0.25, 0.3) is 0 Å². The first-order valence-corrected chi connectivity index (χ1v) is 7.71. The number of rotatable bonds is 4. The van der Waals surface area contributed by atoms with Crippen molar-refractivity contribution in [3.05, 3.63) is 35.4 Å². The second-order valence-electron chi connectivity index (χ2n) is 4.75. The molecule has 0 heterocycles. The summed E-state index contributed by atoms with van der Waals surface area (Å²) in [5.74, 6) is 0.407. The molecule has 2 N–H and O–H groups in total. The maximum absolute atomic E-state index is 11.9. The third-order valence-electron chi connectivity index (χ3n) is 3.65. The van der Waals surface area contributed by atoms with Gasteiger partial charge in [-0.1, -0.05) is 36.8 Å². The molecule has 94 valence electrons. The number of hydrogen-bond donors (Lipinski definition) is 1. The first kappa shape index (κ1) is 12.6. The maximum atomic E-state index is 11.9. The molecular formula is C13H19NO2S. The molecular weight excluding hydrogens is 234 g/mol. The van der Waals surface area contributed by atoms with Crippen molar-refractivity contribution < 1.29 is 8.42 Å². The summed E-state index contributed by atoms with van der Waals surface area (Å²) >= 11 is 0. The summed E-state index contributed by atoms with van der Waals surface area (Å²) in [6.45, 7) is 4.17. The molecule has 0 saturated heterocycles. The van der Waals surface area contributed by atoms with Crippen molar-refractivity contribution in [2.45, 2.75) is 25.0 Å². The first-order chi connectivity index (χ1) is 8.01. The quantitative estimate of drug-likeness (QED) is 0.884. The lowest BCUT2D eigenvalue weighted by Crippen LogP contribution is -2.15. The summed E-state index contributed by atoms with van der Waals surface area (Å²) in [6, 6.07) is 8.09. The Bertz CT molecular complexity index is 493. The molecule has 2 rings (SSSR count). The van der Waals surface area contributed by atoms with E-state index in [0.29, 0.717) is 6.54 Å². The van der Waals surface area contributed by atoms with Crippen LogP contribution in [0, 0.1) is 12.8 Å². The molecule has 0 spiro atoms. The van der Waals surface area contributed by atoms with E-state index in [0.717, 1.165) is 5.56 Å². The maximum Gasteiger partial charge on any atom is 0.153 e. The second kappa shape index (κ2) is 4.42. The highest BCUT2D eigenvalue weighted by Crippen LogP contribution is 2.51. The number of benzene rings is 1. The molecule has 0 radical (unpaired) electrons. The van der Waals surface area contributed by atoms with Gasteiger partial charge in [0.15, 0.2) is 9.84 Å². The lowest BCUT2D eigenvalue weighted by Gasteiger charge is -2.01. The van der Waals surface area contributed by atoms with E-state index in [9.17, 15) is 8.42 Å². The number of sulfone groups is 1. The monoisotopic (exact) mass is 253 g/mol. The highest BCUT2D eigenvalue weighted by molar-refractivity contribution is 7.92. The summed E-state index contributed by atoms with van der Waals surface area (Å²) in [7, 11) is -2.97. The Morgan fingerprint density at radius 3 is 2.29 bits per heavy atom. The molecule has 1 aromatic rings. The van der Waals surface area contributed by atoms with Gasteiger partial charge in [0.05, 0.1) is 5.25 Å². The van der Waals surface area contributed by atoms with Gasteiger partial charge in [-0.25, -0.2) is 8.42 Å². The van der Waals surface area contributed by atoms with Crippen LogP contribution in [-0.2, 0) is 9.84 Å². The van der Waals surface area contributed by atoms with Gasteiger partial charge in [-0.15, -0.1) is 0 Å². The van der Waals surface area contributed by atoms with Crippen molar-refractivity contribution in [3.8, 4) is 0 Å². The SMILES string of the molecule is CCS(=O)(=O)C1C(CN)C1c1ccc(C)cc1. The first-order valence-electron chi connectivity index (χ1n) is 5.99. The van der Waals surface area contributed by atoms with Crippen LogP contribution >= 0.6 is 0 Å². The van der Waals surface area contributed by atoms with E-state index in [1.54, 1.807) is 6.92 Å². The van der Waals surface area contributed by atoms with E-state index in [4.69, 9.17) is 5.73 Å². The Balaban J connectivity index is 2.26. The fraction of sp³-hybridized carbons (Fsp3) is 0.538. The van der Waals surface area contributed by atoms with Gasteiger partial charge in [-0.05, 0) is 24.9 Å². The Morgan fingerprint density at radius 2 is 1.82 bits per heavy atom. The minimum absolute atomic E-state index is 0.0997. The van der Waals surface area contributed by atoms with Crippen LogP contribution in [0.4, 0.5) is 0 Å². The van der Waals surface area contributed by atoms with Crippen LogP contribution in [0.15, 0.2) is 24.3 Å². The summed E-state index contributed by atoms with van der Waals surface area (Å²) < 4.78 is 23.9. The largest absolute Gasteiger partial charge is 0.330 e. The molecule has 3 nitrogen and oxygen atoms in total. The molecule has 1 fully saturated rings. The topological polar surface area (TPSA) is 60.2 Å². The van der Waals surface area contributed by atoms with Crippen LogP contribution in [-0.4, -0.2) is 26.0 Å². The van der Waals surface area contributed by atoms with Gasteiger partial charge >= 0.3 is 0 Å². The third-order valence-corrected chi connectivity index (χ3v) is 5.92. The van der Waals surface area contributed by atoms with Crippen LogP contribution < -0.4 is 5.73 Å². The highest BCUT2D eigenvalue weighted by Gasteiger charge is 2.56. The molecule has 4 heteroatoms. The Morgan fingerprint density at radius 1 is 1.24 bits per heavy atom. The van der Waals surface area contributed by atoms with E-state index in [1.807, 2.05) is 31.2 Å². The molecule has 0 amide bonds. The predicted octanol–water partition coefficient (Wildman–Crippen LogP) is 1.47. The minimum Gasteiger partial charge on any atom is -0.330 e. The van der Waals surface area contributed by atoms with Crippen molar-refractivity contribution in [3.63, 3.8) is 0 Å². The Labute approximate surface area is 103 Å². The van der Waals surface area contributed by atoms with E-state index in [1.165, 1.54) is 5.56 Å². The fourth-order valence-corrected chi connectivity index (χ4v) is 4.44. The zero-order valence-electron chi connectivity index (χ0n) is 10.3. The van der Waals surface area contributed by atoms with E-state index < -0.39 is 9.84 Å². The van der Waals surface area contributed by atoms with Crippen LogP contribution in [0.1, 0.15) is 24.0 Å². The number of aryl methyl sites for hydroxylation is 1. The van der Waals surface area contributed by atoms with Crippen molar-refractivity contribution in [2.75, 3.05) is 12.3 Å². The zero-order valence-corrected chi connectivity index (χ0v) is 11.1. The standard InChI is InChI=1S/C13H19NO2S/c1-3-17(15,16)13-11(8-14)12(13)10-6-4-9(2)5-7-10/h4-7,11-13H,3,8,14H2,1-2H3. The molecule has 1 aliphatic carbocycles. The highest BCUT2D eigenvalue weighted by atomic mass is 32.2. The molecule has 0 bridgehead atoms. The Hall–Kier alpha value is -0.870. The van der Waals surface area contributed by atoms with Gasteiger partial charge in [-0.2, -0.15) is 0 Å². The molecule has 3 unspecified atom stereocenters. The van der Waals surface area contributed by atoms with Gasteiger partial charge in [0, 0.05) is 11.7 Å². The fourth-order valence-electron chi connectivity index (χ4n) is 2.53. The summed E-state index contributed by atoms with van der Waals surface area (Å²) in [5, 5.41) is -0.264. The molecule has 1 saturated carbocycles.